The molecule has 0 spiro atoms. The van der Waals surface area contributed by atoms with Gasteiger partial charge in [0, 0.05) is 34.9 Å². The SMILES string of the molecule is C1=C2[N-]C(=C(c3ccccc3)c3nc(cn3-c3ccccc3)C3=CN(c4ccccc4)C(=C(c4ccccc4)c4nc2cn4-c2ccccc2)[N-]3)N1c1ccccc1.[Cu+2]. The molecule has 0 saturated heterocycles. The largest absolute Gasteiger partial charge is 2.00 e. The maximum Gasteiger partial charge on any atom is 2.00 e. The van der Waals surface area contributed by atoms with E-state index in [-0.39, 0.29) is 17.1 Å². The average molecular weight is 810 g/mol. The van der Waals surface area contributed by atoms with E-state index in [9.17, 15) is 0 Å². The molecule has 11 rings (SSSR count). The molecule has 0 atom stereocenters. The van der Waals surface area contributed by atoms with Crippen LogP contribution in [0.2, 0.25) is 0 Å². The summed E-state index contributed by atoms with van der Waals surface area (Å²) in [6, 6.07) is 62.2. The van der Waals surface area contributed by atoms with E-state index >= 15 is 0 Å². The van der Waals surface area contributed by atoms with Crippen LogP contribution in [0.4, 0.5) is 11.4 Å². The molecular formula is C50H34CuN8. The number of benzene rings is 6. The Morgan fingerprint density at radius 1 is 0.356 bits per heavy atom. The maximum atomic E-state index is 5.53. The summed E-state index contributed by atoms with van der Waals surface area (Å²) in [7, 11) is 0. The maximum absolute atomic E-state index is 5.53. The Balaban J connectivity index is 0.00000420. The van der Waals surface area contributed by atoms with Crippen LogP contribution in [0.5, 0.6) is 0 Å². The normalized spacial score (nSPS) is 14.2. The van der Waals surface area contributed by atoms with Crippen LogP contribution in [0, 0.1) is 0 Å². The number of aromatic nitrogens is 4. The molecule has 0 fully saturated rings. The van der Waals surface area contributed by atoms with Crippen molar-refractivity contribution in [1.29, 1.82) is 0 Å². The van der Waals surface area contributed by atoms with Crippen molar-refractivity contribution in [2.24, 2.45) is 0 Å². The van der Waals surface area contributed by atoms with Gasteiger partial charge in [0.05, 0.1) is 11.4 Å². The number of anilines is 2. The first-order chi connectivity index (χ1) is 28.8. The van der Waals surface area contributed by atoms with Crippen LogP contribution in [0.1, 0.15) is 34.2 Å². The molecule has 3 aliphatic heterocycles. The Bertz CT molecular complexity index is 2710. The van der Waals surface area contributed by atoms with Crippen molar-refractivity contribution in [3.63, 3.8) is 0 Å². The molecule has 2 aromatic heterocycles. The zero-order chi connectivity index (χ0) is 38.4. The van der Waals surface area contributed by atoms with Crippen molar-refractivity contribution in [1.82, 2.24) is 19.1 Å². The van der Waals surface area contributed by atoms with Gasteiger partial charge in [-0.2, -0.15) is 0 Å². The first-order valence-electron chi connectivity index (χ1n) is 19.2. The van der Waals surface area contributed by atoms with Crippen molar-refractivity contribution >= 4 is 33.9 Å². The predicted octanol–water partition coefficient (Wildman–Crippen LogP) is 11.6. The first kappa shape index (κ1) is 35.8. The van der Waals surface area contributed by atoms with Crippen LogP contribution < -0.4 is 9.80 Å². The van der Waals surface area contributed by atoms with Gasteiger partial charge in [-0.1, -0.05) is 170 Å². The number of hydrogen-bond donors (Lipinski definition) is 0. The van der Waals surface area contributed by atoms with Crippen molar-refractivity contribution in [3.8, 4) is 11.4 Å². The quantitative estimate of drug-likeness (QED) is 0.157. The third kappa shape index (κ3) is 6.35. The standard InChI is InChI=1S/C50H34N8.Cu/c1-7-19-35(20-8-1)45-47-51-41(31-55(47)37-23-11-3-12-24-37)43-33-57(39-27-15-5-16-28-39)49(53-43)46(36-21-9-2-10-22-36)50-54-44(34-58(50)40-29-17-6-18-30-40)42-32-56(48(45)52-42)38-25-13-4-14-26-38;/h1-34H;/q-2;+2. The predicted molar refractivity (Wildman–Crippen MR) is 233 cm³/mol. The van der Waals surface area contributed by atoms with Gasteiger partial charge in [0.2, 0.25) is 0 Å². The van der Waals surface area contributed by atoms with E-state index in [4.69, 9.17) is 20.6 Å². The molecule has 8 aromatic rings. The van der Waals surface area contributed by atoms with Crippen molar-refractivity contribution in [3.05, 3.63) is 263 Å². The minimum atomic E-state index is 0. The Hall–Kier alpha value is -7.58. The molecule has 285 valence electrons. The molecule has 5 heterocycles. The van der Waals surface area contributed by atoms with Crippen molar-refractivity contribution in [2.45, 2.75) is 0 Å². The summed E-state index contributed by atoms with van der Waals surface area (Å²) in [5.41, 5.74) is 10.4. The molecule has 1 radical (unpaired) electrons. The molecular weight excluding hydrogens is 776 g/mol. The molecule has 8 bridgehead atoms. The first-order valence-corrected chi connectivity index (χ1v) is 19.2. The second-order valence-corrected chi connectivity index (χ2v) is 14.1. The Morgan fingerprint density at radius 3 is 1.00 bits per heavy atom. The number of nitrogens with zero attached hydrogens (tertiary/aromatic N) is 8. The summed E-state index contributed by atoms with van der Waals surface area (Å²) >= 11 is 0. The average Bonchev–Trinajstić information content (AvgIpc) is 4.12. The third-order valence-corrected chi connectivity index (χ3v) is 10.5. The van der Waals surface area contributed by atoms with Gasteiger partial charge < -0.3 is 20.4 Å². The van der Waals surface area contributed by atoms with Crippen LogP contribution in [0.15, 0.2) is 218 Å². The third-order valence-electron chi connectivity index (χ3n) is 10.5. The number of imidazole rings is 2. The van der Waals surface area contributed by atoms with Gasteiger partial charge in [0.25, 0.3) is 0 Å². The van der Waals surface area contributed by atoms with Gasteiger partial charge in [-0.3, -0.25) is 9.13 Å². The van der Waals surface area contributed by atoms with Gasteiger partial charge in [0.15, 0.2) is 0 Å². The molecule has 3 aliphatic rings. The van der Waals surface area contributed by atoms with E-state index in [0.717, 1.165) is 91.1 Å². The summed E-state index contributed by atoms with van der Waals surface area (Å²) < 4.78 is 4.32. The summed E-state index contributed by atoms with van der Waals surface area (Å²) in [5.74, 6) is 2.93. The fraction of sp³-hybridized carbons (Fsp3) is 0. The minimum absolute atomic E-state index is 0. The van der Waals surface area contributed by atoms with Gasteiger partial charge in [-0.25, -0.2) is 9.97 Å². The molecule has 0 unspecified atom stereocenters. The molecule has 0 amide bonds. The summed E-state index contributed by atoms with van der Waals surface area (Å²) in [4.78, 5) is 15.4. The Morgan fingerprint density at radius 2 is 0.661 bits per heavy atom. The van der Waals surface area contributed by atoms with Gasteiger partial charge in [-0.05, 0) is 69.8 Å². The molecule has 8 nitrogen and oxygen atoms in total. The van der Waals surface area contributed by atoms with Gasteiger partial charge >= 0.3 is 17.1 Å². The number of para-hydroxylation sites is 4. The van der Waals surface area contributed by atoms with Gasteiger partial charge in [0.1, 0.15) is 11.6 Å². The molecule has 0 saturated carbocycles. The van der Waals surface area contributed by atoms with Crippen LogP contribution in [-0.4, -0.2) is 19.1 Å². The summed E-state index contributed by atoms with van der Waals surface area (Å²) in [5, 5.41) is 11.1. The van der Waals surface area contributed by atoms with E-state index in [1.54, 1.807) is 0 Å². The second kappa shape index (κ2) is 15.1. The molecule has 6 aromatic carbocycles. The van der Waals surface area contributed by atoms with E-state index < -0.39 is 0 Å². The minimum Gasteiger partial charge on any atom is -0.434 e. The number of hydrogen-bond acceptors (Lipinski definition) is 4. The van der Waals surface area contributed by atoms with Crippen molar-refractivity contribution in [2.75, 3.05) is 9.80 Å². The zero-order valence-corrected chi connectivity index (χ0v) is 32.5. The molecule has 0 N–H and O–H groups in total. The van der Waals surface area contributed by atoms with Gasteiger partial charge in [-0.15, -0.1) is 0 Å². The molecule has 9 heteroatoms. The second-order valence-electron chi connectivity index (χ2n) is 14.1. The van der Waals surface area contributed by atoms with E-state index in [0.29, 0.717) is 0 Å². The summed E-state index contributed by atoms with van der Waals surface area (Å²) in [6.45, 7) is 0. The Kier molecular flexibility index (Phi) is 9.14. The monoisotopic (exact) mass is 809 g/mol. The number of fused-ring (bicyclic) bond motifs is 10. The summed E-state index contributed by atoms with van der Waals surface area (Å²) in [6.07, 6.45) is 8.37. The van der Waals surface area contributed by atoms with Crippen LogP contribution in [-0.2, 0) is 17.1 Å². The molecule has 59 heavy (non-hydrogen) atoms. The van der Waals surface area contributed by atoms with Crippen LogP contribution >= 0.6 is 0 Å². The zero-order valence-electron chi connectivity index (χ0n) is 31.5. The van der Waals surface area contributed by atoms with E-state index in [1.807, 2.05) is 36.4 Å². The number of rotatable bonds is 6. The molecule has 0 aliphatic carbocycles. The smallest absolute Gasteiger partial charge is 0.434 e. The van der Waals surface area contributed by atoms with Crippen molar-refractivity contribution < 1.29 is 17.1 Å². The fourth-order valence-corrected chi connectivity index (χ4v) is 7.79. The van der Waals surface area contributed by atoms with E-state index in [2.05, 4.69) is 189 Å². The van der Waals surface area contributed by atoms with Crippen LogP contribution in [0.25, 0.3) is 44.5 Å². The van der Waals surface area contributed by atoms with E-state index in [1.165, 1.54) is 0 Å². The topological polar surface area (TPSA) is 70.3 Å². The fourth-order valence-electron chi connectivity index (χ4n) is 7.79. The Labute approximate surface area is 352 Å². The van der Waals surface area contributed by atoms with Crippen LogP contribution in [0.3, 0.4) is 0 Å².